The molecule has 1 amide bonds. The maximum absolute atomic E-state index is 13.0. The van der Waals surface area contributed by atoms with E-state index < -0.39 is 0 Å². The van der Waals surface area contributed by atoms with Gasteiger partial charge in [-0.15, -0.1) is 11.8 Å². The molecule has 0 spiro atoms. The molecule has 4 rings (SSSR count). The number of nitrogens with one attached hydrogen (secondary N) is 2. The average molecular weight is 371 g/mol. The first-order chi connectivity index (χ1) is 12.7. The van der Waals surface area contributed by atoms with E-state index in [1.807, 2.05) is 43.3 Å². The molecule has 0 unspecified atom stereocenters. The minimum Gasteiger partial charge on any atom is -0.325 e. The lowest BCUT2D eigenvalue weighted by Crippen LogP contribution is -2.28. The lowest BCUT2D eigenvalue weighted by molar-refractivity contribution is -0.119. The van der Waals surface area contributed by atoms with E-state index >= 15 is 0 Å². The monoisotopic (exact) mass is 370 g/mol. The molecule has 1 aromatic carbocycles. The third kappa shape index (κ3) is 3.81. The molecule has 26 heavy (non-hydrogen) atoms. The number of benzene rings is 1. The van der Waals surface area contributed by atoms with Crippen LogP contribution >= 0.6 is 11.8 Å². The summed E-state index contributed by atoms with van der Waals surface area (Å²) in [6.07, 6.45) is 9.11. The van der Waals surface area contributed by atoms with Gasteiger partial charge >= 0.3 is 0 Å². The summed E-state index contributed by atoms with van der Waals surface area (Å²) in [5.41, 5.74) is 2.08. The zero-order chi connectivity index (χ0) is 17.9. The van der Waals surface area contributed by atoms with Crippen molar-refractivity contribution in [1.82, 2.24) is 15.1 Å². The fourth-order valence-corrected chi connectivity index (χ4v) is 5.35. The Hall–Kier alpha value is -1.79. The van der Waals surface area contributed by atoms with Crippen molar-refractivity contribution in [2.75, 3.05) is 18.4 Å². The summed E-state index contributed by atoms with van der Waals surface area (Å²) >= 11 is 1.92. The zero-order valence-corrected chi connectivity index (χ0v) is 16.0. The third-order valence-electron chi connectivity index (χ3n) is 5.44. The van der Waals surface area contributed by atoms with Crippen molar-refractivity contribution in [3.05, 3.63) is 42.2 Å². The predicted octanol–water partition coefficient (Wildman–Crippen LogP) is 3.40. The van der Waals surface area contributed by atoms with Crippen LogP contribution in [0.2, 0.25) is 0 Å². The van der Waals surface area contributed by atoms with Gasteiger partial charge in [-0.25, -0.2) is 0 Å². The molecular formula is C20H26N4OS. The van der Waals surface area contributed by atoms with Gasteiger partial charge in [0.1, 0.15) is 0 Å². The summed E-state index contributed by atoms with van der Waals surface area (Å²) in [7, 11) is 1.91. The minimum absolute atomic E-state index is 0.0660. The Balaban J connectivity index is 1.47. The SMILES string of the molecule is Cn1cc([C@H]2CNC[C@@H]2C(=O)Nc2ccccc2SC2CCCC2)cn1. The number of para-hydroxylation sites is 1. The predicted molar refractivity (Wildman–Crippen MR) is 105 cm³/mol. The van der Waals surface area contributed by atoms with Crippen LogP contribution in [-0.4, -0.2) is 34.0 Å². The number of carbonyl (C=O) groups is 1. The molecule has 1 aromatic heterocycles. The van der Waals surface area contributed by atoms with Crippen LogP contribution in [0.1, 0.15) is 37.2 Å². The van der Waals surface area contributed by atoms with Gasteiger partial charge in [0, 0.05) is 42.4 Å². The summed E-state index contributed by atoms with van der Waals surface area (Å²) in [4.78, 5) is 14.2. The van der Waals surface area contributed by atoms with Crippen LogP contribution in [0.4, 0.5) is 5.69 Å². The van der Waals surface area contributed by atoms with Crippen molar-refractivity contribution in [2.24, 2.45) is 13.0 Å². The van der Waals surface area contributed by atoms with Gasteiger partial charge in [0.25, 0.3) is 0 Å². The smallest absolute Gasteiger partial charge is 0.229 e. The topological polar surface area (TPSA) is 59.0 Å². The van der Waals surface area contributed by atoms with Crippen molar-refractivity contribution in [3.8, 4) is 0 Å². The Morgan fingerprint density at radius 3 is 2.85 bits per heavy atom. The highest BCUT2D eigenvalue weighted by atomic mass is 32.2. The Morgan fingerprint density at radius 1 is 1.27 bits per heavy atom. The highest BCUT2D eigenvalue weighted by Crippen LogP contribution is 2.38. The van der Waals surface area contributed by atoms with Crippen molar-refractivity contribution < 1.29 is 4.79 Å². The summed E-state index contributed by atoms with van der Waals surface area (Å²) in [6.45, 7) is 1.53. The molecule has 0 bridgehead atoms. The molecule has 1 aliphatic heterocycles. The Morgan fingerprint density at radius 2 is 2.08 bits per heavy atom. The lowest BCUT2D eigenvalue weighted by atomic mass is 9.90. The van der Waals surface area contributed by atoms with Gasteiger partial charge in [0.2, 0.25) is 5.91 Å². The van der Waals surface area contributed by atoms with E-state index in [0.717, 1.165) is 17.8 Å². The maximum atomic E-state index is 13.0. The van der Waals surface area contributed by atoms with Crippen LogP contribution in [0.5, 0.6) is 0 Å². The molecule has 1 saturated heterocycles. The number of amides is 1. The highest BCUT2D eigenvalue weighted by molar-refractivity contribution is 8.00. The summed E-state index contributed by atoms with van der Waals surface area (Å²) in [6, 6.07) is 8.21. The molecule has 2 atom stereocenters. The van der Waals surface area contributed by atoms with Crippen LogP contribution in [0.25, 0.3) is 0 Å². The third-order valence-corrected chi connectivity index (χ3v) is 6.86. The van der Waals surface area contributed by atoms with Gasteiger partial charge in [0.05, 0.1) is 17.8 Å². The second-order valence-electron chi connectivity index (χ2n) is 7.33. The van der Waals surface area contributed by atoms with Gasteiger partial charge in [0.15, 0.2) is 0 Å². The van der Waals surface area contributed by atoms with Crippen molar-refractivity contribution in [2.45, 2.75) is 41.7 Å². The molecule has 2 aromatic rings. The molecule has 2 N–H and O–H groups in total. The first-order valence-corrected chi connectivity index (χ1v) is 10.3. The molecule has 6 heteroatoms. The molecule has 2 fully saturated rings. The summed E-state index contributed by atoms with van der Waals surface area (Å²) in [5.74, 6) is 0.213. The molecule has 1 saturated carbocycles. The van der Waals surface area contributed by atoms with Gasteiger partial charge in [-0.3, -0.25) is 9.48 Å². The van der Waals surface area contributed by atoms with E-state index in [4.69, 9.17) is 0 Å². The Bertz CT molecular complexity index is 769. The fourth-order valence-electron chi connectivity index (χ4n) is 4.02. The number of rotatable bonds is 5. The largest absolute Gasteiger partial charge is 0.325 e. The standard InChI is InChI=1S/C20H26N4OS/c1-24-13-14(10-22-24)16-11-21-12-17(16)20(25)23-18-8-4-5-9-19(18)26-15-6-2-3-7-15/h4-5,8-10,13,15-17,21H,2-3,6-7,11-12H2,1H3,(H,23,25)/t16-,17+/m1/s1. The fraction of sp³-hybridized carbons (Fsp3) is 0.500. The van der Waals surface area contributed by atoms with Crippen LogP contribution in [-0.2, 0) is 11.8 Å². The van der Waals surface area contributed by atoms with Gasteiger partial charge in [-0.1, -0.05) is 25.0 Å². The number of thioether (sulfide) groups is 1. The number of anilines is 1. The molecule has 1 aliphatic carbocycles. The normalized spacial score (nSPS) is 23.4. The van der Waals surface area contributed by atoms with Crippen molar-refractivity contribution in [1.29, 1.82) is 0 Å². The number of aryl methyl sites for hydroxylation is 1. The van der Waals surface area contributed by atoms with E-state index in [2.05, 4.69) is 27.9 Å². The number of hydrogen-bond acceptors (Lipinski definition) is 4. The Kier molecular flexibility index (Phi) is 5.31. The van der Waals surface area contributed by atoms with E-state index in [9.17, 15) is 4.79 Å². The van der Waals surface area contributed by atoms with E-state index in [-0.39, 0.29) is 17.7 Å². The van der Waals surface area contributed by atoms with Gasteiger partial charge in [-0.2, -0.15) is 5.10 Å². The first-order valence-electron chi connectivity index (χ1n) is 9.46. The van der Waals surface area contributed by atoms with Crippen molar-refractivity contribution >= 4 is 23.4 Å². The highest BCUT2D eigenvalue weighted by Gasteiger charge is 2.35. The van der Waals surface area contributed by atoms with E-state index in [0.29, 0.717) is 11.8 Å². The van der Waals surface area contributed by atoms with Crippen LogP contribution in [0.15, 0.2) is 41.6 Å². The number of hydrogen-bond donors (Lipinski definition) is 2. The van der Waals surface area contributed by atoms with Crippen molar-refractivity contribution in [3.63, 3.8) is 0 Å². The number of aromatic nitrogens is 2. The van der Waals surface area contributed by atoms with Crippen LogP contribution in [0, 0.1) is 5.92 Å². The Labute approximate surface area is 158 Å². The van der Waals surface area contributed by atoms with Crippen LogP contribution in [0.3, 0.4) is 0 Å². The molecule has 138 valence electrons. The molecule has 2 aliphatic rings. The molecule has 2 heterocycles. The molecule has 0 radical (unpaired) electrons. The van der Waals surface area contributed by atoms with E-state index in [1.165, 1.54) is 30.6 Å². The second-order valence-corrected chi connectivity index (χ2v) is 8.67. The maximum Gasteiger partial charge on any atom is 0.229 e. The average Bonchev–Trinajstić information content (AvgIpc) is 3.37. The van der Waals surface area contributed by atoms with Gasteiger partial charge < -0.3 is 10.6 Å². The van der Waals surface area contributed by atoms with Crippen LogP contribution < -0.4 is 10.6 Å². The first kappa shape index (κ1) is 17.6. The zero-order valence-electron chi connectivity index (χ0n) is 15.1. The minimum atomic E-state index is -0.0660. The molecular weight excluding hydrogens is 344 g/mol. The van der Waals surface area contributed by atoms with Gasteiger partial charge in [-0.05, 0) is 30.5 Å². The lowest BCUT2D eigenvalue weighted by Gasteiger charge is -2.19. The van der Waals surface area contributed by atoms with E-state index in [1.54, 1.807) is 4.68 Å². The summed E-state index contributed by atoms with van der Waals surface area (Å²) < 4.78 is 1.80. The number of nitrogens with zero attached hydrogens (tertiary/aromatic N) is 2. The number of carbonyl (C=O) groups excluding carboxylic acids is 1. The molecule has 5 nitrogen and oxygen atoms in total. The quantitative estimate of drug-likeness (QED) is 0.847. The summed E-state index contributed by atoms with van der Waals surface area (Å²) in [5, 5.41) is 11.5. The second kappa shape index (κ2) is 7.84.